The minimum absolute atomic E-state index is 0.233. The third kappa shape index (κ3) is 4.41. The van der Waals surface area contributed by atoms with Gasteiger partial charge >= 0.3 is 0 Å². The maximum atomic E-state index is 12.1. The summed E-state index contributed by atoms with van der Waals surface area (Å²) in [6, 6.07) is 25.5. The highest BCUT2D eigenvalue weighted by Gasteiger charge is 2.18. The van der Waals surface area contributed by atoms with Gasteiger partial charge in [-0.15, -0.1) is 0 Å². The summed E-state index contributed by atoms with van der Waals surface area (Å²) in [6.07, 6.45) is 1.85. The minimum Gasteiger partial charge on any atom is -0.508 e. The van der Waals surface area contributed by atoms with E-state index in [1.165, 1.54) is 5.56 Å². The van der Waals surface area contributed by atoms with Gasteiger partial charge in [0.25, 0.3) is 5.91 Å². The van der Waals surface area contributed by atoms with E-state index in [0.717, 1.165) is 22.4 Å². The molecule has 3 aromatic carbocycles. The van der Waals surface area contributed by atoms with Crippen molar-refractivity contribution < 1.29 is 9.90 Å². The predicted octanol–water partition coefficient (Wildman–Crippen LogP) is 4.26. The van der Waals surface area contributed by atoms with Gasteiger partial charge in [0.2, 0.25) is 0 Å². The van der Waals surface area contributed by atoms with Gasteiger partial charge in [0.15, 0.2) is 0 Å². The average molecular weight is 397 g/mol. The Bertz CT molecular complexity index is 1130. The van der Waals surface area contributed by atoms with Crippen LogP contribution in [0.25, 0.3) is 11.1 Å². The lowest BCUT2D eigenvalue weighted by Gasteiger charge is -2.06. The first-order chi connectivity index (χ1) is 14.6. The van der Waals surface area contributed by atoms with Crippen LogP contribution in [0.5, 0.6) is 5.75 Å². The molecule has 1 heterocycles. The molecule has 0 saturated heterocycles. The number of aromatic amines is 1. The normalized spacial score (nSPS) is 10.8. The largest absolute Gasteiger partial charge is 0.508 e. The first-order valence-corrected chi connectivity index (χ1v) is 9.88. The second kappa shape index (κ2) is 8.66. The summed E-state index contributed by atoms with van der Waals surface area (Å²) in [5.41, 5.74) is 12.0. The van der Waals surface area contributed by atoms with Gasteiger partial charge in [0.1, 0.15) is 5.75 Å². The van der Waals surface area contributed by atoms with Gasteiger partial charge in [0.05, 0.1) is 17.0 Å². The lowest BCUT2D eigenvalue weighted by atomic mass is 9.99. The number of aryl methyl sites for hydroxylation is 2. The van der Waals surface area contributed by atoms with Crippen molar-refractivity contribution in [3.05, 3.63) is 107 Å². The fourth-order valence-electron chi connectivity index (χ4n) is 3.60. The van der Waals surface area contributed by atoms with Gasteiger partial charge in [0, 0.05) is 6.42 Å². The molecule has 0 fully saturated rings. The molecule has 5 nitrogen and oxygen atoms in total. The smallest absolute Gasteiger partial charge is 0.252 e. The summed E-state index contributed by atoms with van der Waals surface area (Å²) in [5.74, 6) is -0.239. The van der Waals surface area contributed by atoms with Gasteiger partial charge in [-0.1, -0.05) is 66.7 Å². The topological polar surface area (TPSA) is 92.0 Å². The van der Waals surface area contributed by atoms with Crippen molar-refractivity contribution in [2.24, 2.45) is 5.73 Å². The van der Waals surface area contributed by atoms with Gasteiger partial charge in [-0.3, -0.25) is 9.89 Å². The van der Waals surface area contributed by atoms with Crippen molar-refractivity contribution in [3.63, 3.8) is 0 Å². The van der Waals surface area contributed by atoms with Crippen LogP contribution in [-0.2, 0) is 19.3 Å². The monoisotopic (exact) mass is 397 g/mol. The summed E-state index contributed by atoms with van der Waals surface area (Å²) < 4.78 is 0. The fraction of sp³-hybridized carbons (Fsp3) is 0.120. The quantitative estimate of drug-likeness (QED) is 0.435. The Balaban J connectivity index is 1.50. The third-order valence-corrected chi connectivity index (χ3v) is 5.19. The van der Waals surface area contributed by atoms with Crippen molar-refractivity contribution in [2.45, 2.75) is 19.3 Å². The number of nitrogens with one attached hydrogen (secondary N) is 1. The molecule has 0 aliphatic heterocycles. The lowest BCUT2D eigenvalue weighted by molar-refractivity contribution is 0.0998. The number of aromatic nitrogens is 2. The summed E-state index contributed by atoms with van der Waals surface area (Å²) >= 11 is 0. The molecule has 0 saturated carbocycles. The van der Waals surface area contributed by atoms with Crippen LogP contribution in [0.1, 0.15) is 32.9 Å². The molecule has 1 aromatic heterocycles. The number of phenols is 1. The zero-order valence-corrected chi connectivity index (χ0v) is 16.5. The second-order valence-electron chi connectivity index (χ2n) is 7.29. The number of carbonyl (C=O) groups is 1. The molecule has 0 spiro atoms. The van der Waals surface area contributed by atoms with E-state index >= 15 is 0 Å². The Kier molecular flexibility index (Phi) is 5.61. The van der Waals surface area contributed by atoms with Crippen molar-refractivity contribution in [3.8, 4) is 16.9 Å². The number of nitrogens with two attached hydrogens (primary N) is 1. The zero-order chi connectivity index (χ0) is 20.9. The number of nitrogens with zero attached hydrogens (tertiary/aromatic N) is 1. The molecule has 0 aliphatic carbocycles. The number of phenolic OH excluding ortho intramolecular Hbond substituents is 1. The van der Waals surface area contributed by atoms with Crippen LogP contribution in [-0.4, -0.2) is 21.2 Å². The van der Waals surface area contributed by atoms with E-state index in [4.69, 9.17) is 5.73 Å². The molecule has 0 radical (unpaired) electrons. The van der Waals surface area contributed by atoms with Crippen LogP contribution in [0.15, 0.2) is 78.9 Å². The molecular weight excluding hydrogens is 374 g/mol. The minimum atomic E-state index is -0.472. The van der Waals surface area contributed by atoms with Gasteiger partial charge in [-0.2, -0.15) is 5.10 Å². The van der Waals surface area contributed by atoms with Crippen molar-refractivity contribution in [1.29, 1.82) is 0 Å². The Labute approximate surface area is 175 Å². The number of amides is 1. The van der Waals surface area contributed by atoms with Crippen LogP contribution < -0.4 is 5.73 Å². The number of rotatable bonds is 7. The molecule has 150 valence electrons. The molecular formula is C25H23N3O2. The van der Waals surface area contributed by atoms with Crippen molar-refractivity contribution in [2.75, 3.05) is 0 Å². The molecule has 0 aliphatic rings. The van der Waals surface area contributed by atoms with Gasteiger partial charge in [-0.25, -0.2) is 0 Å². The lowest BCUT2D eigenvalue weighted by Crippen LogP contribution is -2.15. The number of hydrogen-bond donors (Lipinski definition) is 3. The van der Waals surface area contributed by atoms with E-state index in [1.54, 1.807) is 12.1 Å². The van der Waals surface area contributed by atoms with E-state index in [9.17, 15) is 9.90 Å². The Hall–Kier alpha value is -3.86. The van der Waals surface area contributed by atoms with E-state index < -0.39 is 5.91 Å². The molecule has 0 atom stereocenters. The number of benzene rings is 3. The molecule has 1 amide bonds. The summed E-state index contributed by atoms with van der Waals surface area (Å²) in [5, 5.41) is 16.8. The zero-order valence-electron chi connectivity index (χ0n) is 16.5. The molecule has 0 bridgehead atoms. The molecule has 5 heteroatoms. The van der Waals surface area contributed by atoms with Crippen LogP contribution >= 0.6 is 0 Å². The Morgan fingerprint density at radius 2 is 1.47 bits per heavy atom. The summed E-state index contributed by atoms with van der Waals surface area (Å²) in [6.45, 7) is 0. The Morgan fingerprint density at radius 1 is 0.833 bits per heavy atom. The van der Waals surface area contributed by atoms with Crippen molar-refractivity contribution >= 4 is 5.91 Å². The van der Waals surface area contributed by atoms with Crippen molar-refractivity contribution in [1.82, 2.24) is 10.2 Å². The highest BCUT2D eigenvalue weighted by Crippen LogP contribution is 2.22. The molecule has 0 unspecified atom stereocenters. The molecule has 4 N–H and O–H groups in total. The van der Waals surface area contributed by atoms with Crippen LogP contribution in [0.2, 0.25) is 0 Å². The molecule has 4 rings (SSSR count). The fourth-order valence-corrected chi connectivity index (χ4v) is 3.60. The standard InChI is InChI=1S/C25H23N3O2/c26-25(30)24-22(15-10-17-8-13-21(29)14-9-17)27-28-23(24)16-18-6-11-20(12-7-18)19-4-2-1-3-5-19/h1-9,11-14,29H,10,15-16H2,(H2,26,30)(H,27,28). The SMILES string of the molecule is NC(=O)c1c(CCc2ccc(O)cc2)n[nH]c1Cc1ccc(-c2ccccc2)cc1. The van der Waals surface area contributed by atoms with E-state index in [-0.39, 0.29) is 5.75 Å². The Morgan fingerprint density at radius 3 is 2.13 bits per heavy atom. The first kappa shape index (κ1) is 19.5. The predicted molar refractivity (Wildman–Crippen MR) is 117 cm³/mol. The number of hydrogen-bond acceptors (Lipinski definition) is 3. The highest BCUT2D eigenvalue weighted by atomic mass is 16.3. The number of carbonyl (C=O) groups excluding carboxylic acids is 1. The maximum absolute atomic E-state index is 12.1. The second-order valence-corrected chi connectivity index (χ2v) is 7.29. The van der Waals surface area contributed by atoms with Crippen LogP contribution in [0.4, 0.5) is 0 Å². The summed E-state index contributed by atoms with van der Waals surface area (Å²) in [4.78, 5) is 12.1. The van der Waals surface area contributed by atoms with Crippen LogP contribution in [0.3, 0.4) is 0 Å². The average Bonchev–Trinajstić information content (AvgIpc) is 3.17. The first-order valence-electron chi connectivity index (χ1n) is 9.88. The number of primary amides is 1. The van der Waals surface area contributed by atoms with Gasteiger partial charge < -0.3 is 10.8 Å². The van der Waals surface area contributed by atoms with E-state index in [0.29, 0.717) is 30.5 Å². The summed E-state index contributed by atoms with van der Waals surface area (Å²) in [7, 11) is 0. The van der Waals surface area contributed by atoms with E-state index in [1.807, 2.05) is 30.3 Å². The number of H-pyrrole nitrogens is 1. The molecule has 4 aromatic rings. The van der Waals surface area contributed by atoms with Gasteiger partial charge in [-0.05, 0) is 47.2 Å². The number of aromatic hydroxyl groups is 1. The highest BCUT2D eigenvalue weighted by molar-refractivity contribution is 5.95. The maximum Gasteiger partial charge on any atom is 0.252 e. The van der Waals surface area contributed by atoms with Crippen LogP contribution in [0, 0.1) is 0 Å². The third-order valence-electron chi connectivity index (χ3n) is 5.19. The molecule has 30 heavy (non-hydrogen) atoms. The van der Waals surface area contributed by atoms with E-state index in [2.05, 4.69) is 46.6 Å².